The predicted octanol–water partition coefficient (Wildman–Crippen LogP) is 3.82. The summed E-state index contributed by atoms with van der Waals surface area (Å²) in [4.78, 5) is 4.57. The molecule has 1 N–H and O–H groups in total. The molecule has 1 aliphatic rings. The third-order valence-corrected chi connectivity index (χ3v) is 4.28. The molecule has 0 amide bonds. The van der Waals surface area contributed by atoms with Gasteiger partial charge in [0.05, 0.1) is 18.8 Å². The Bertz CT molecular complexity index is 612. The average molecular weight is 282 g/mol. The fourth-order valence-corrected chi connectivity index (χ4v) is 3.20. The minimum Gasteiger partial charge on any atom is -0.496 e. The van der Waals surface area contributed by atoms with Crippen LogP contribution in [0.25, 0.3) is 0 Å². The molecule has 0 spiro atoms. The minimum atomic E-state index is 0.291. The Hall–Kier alpha value is -1.87. The predicted molar refractivity (Wildman–Crippen MR) is 84.5 cm³/mol. The van der Waals surface area contributed by atoms with Crippen LogP contribution >= 0.6 is 0 Å². The maximum Gasteiger partial charge on any atom is 0.123 e. The second kappa shape index (κ2) is 6.27. The van der Waals surface area contributed by atoms with Gasteiger partial charge in [-0.25, -0.2) is 0 Å². The van der Waals surface area contributed by atoms with Crippen LogP contribution in [0.2, 0.25) is 0 Å². The van der Waals surface area contributed by atoms with E-state index in [1.165, 1.54) is 16.8 Å². The molecule has 3 heteroatoms. The highest BCUT2D eigenvalue weighted by atomic mass is 16.5. The SMILES string of the molecule is CCC(NC1CCc2cccnc21)c1ccccc1OC. The number of aromatic nitrogens is 1. The van der Waals surface area contributed by atoms with Gasteiger partial charge in [-0.3, -0.25) is 4.98 Å². The first-order valence-corrected chi connectivity index (χ1v) is 7.66. The summed E-state index contributed by atoms with van der Waals surface area (Å²) < 4.78 is 5.51. The maximum absolute atomic E-state index is 5.51. The van der Waals surface area contributed by atoms with Crippen molar-refractivity contribution in [2.75, 3.05) is 7.11 Å². The summed E-state index contributed by atoms with van der Waals surface area (Å²) in [5.74, 6) is 0.955. The van der Waals surface area contributed by atoms with Crippen LogP contribution in [0, 0.1) is 0 Å². The van der Waals surface area contributed by atoms with Crippen molar-refractivity contribution in [1.82, 2.24) is 10.3 Å². The molecule has 1 aliphatic carbocycles. The van der Waals surface area contributed by atoms with E-state index in [-0.39, 0.29) is 0 Å². The summed E-state index contributed by atoms with van der Waals surface area (Å²) in [5, 5.41) is 3.77. The van der Waals surface area contributed by atoms with Gasteiger partial charge in [0.1, 0.15) is 5.75 Å². The first-order valence-electron chi connectivity index (χ1n) is 7.66. The Morgan fingerprint density at radius 1 is 1.29 bits per heavy atom. The van der Waals surface area contributed by atoms with E-state index in [0.717, 1.165) is 25.0 Å². The van der Waals surface area contributed by atoms with Gasteiger partial charge in [-0.05, 0) is 37.0 Å². The zero-order valence-electron chi connectivity index (χ0n) is 12.7. The Morgan fingerprint density at radius 2 is 2.14 bits per heavy atom. The topological polar surface area (TPSA) is 34.2 Å². The van der Waals surface area contributed by atoms with E-state index in [2.05, 4.69) is 35.4 Å². The number of aryl methyl sites for hydroxylation is 1. The van der Waals surface area contributed by atoms with Gasteiger partial charge in [0.25, 0.3) is 0 Å². The molecule has 0 bridgehead atoms. The lowest BCUT2D eigenvalue weighted by Crippen LogP contribution is -2.25. The van der Waals surface area contributed by atoms with Gasteiger partial charge < -0.3 is 10.1 Å². The van der Waals surface area contributed by atoms with Gasteiger partial charge in [0.2, 0.25) is 0 Å². The van der Waals surface area contributed by atoms with Crippen molar-refractivity contribution in [2.45, 2.75) is 38.3 Å². The van der Waals surface area contributed by atoms with Gasteiger partial charge in [0, 0.05) is 17.8 Å². The van der Waals surface area contributed by atoms with Gasteiger partial charge in [-0.1, -0.05) is 31.2 Å². The fraction of sp³-hybridized carbons (Fsp3) is 0.389. The molecule has 0 saturated heterocycles. The van der Waals surface area contributed by atoms with Crippen molar-refractivity contribution in [1.29, 1.82) is 0 Å². The fourth-order valence-electron chi connectivity index (χ4n) is 3.20. The minimum absolute atomic E-state index is 0.291. The highest BCUT2D eigenvalue weighted by Crippen LogP contribution is 2.34. The van der Waals surface area contributed by atoms with Crippen molar-refractivity contribution in [3.05, 3.63) is 59.4 Å². The molecular weight excluding hydrogens is 260 g/mol. The third-order valence-electron chi connectivity index (χ3n) is 4.28. The lowest BCUT2D eigenvalue weighted by molar-refractivity contribution is 0.381. The molecule has 2 atom stereocenters. The molecular formula is C18H22N2O. The molecule has 1 aromatic heterocycles. The molecule has 2 aromatic rings. The highest BCUT2D eigenvalue weighted by molar-refractivity contribution is 5.36. The number of rotatable bonds is 5. The maximum atomic E-state index is 5.51. The standard InChI is InChI=1S/C18H22N2O/c1-3-15(14-8-4-5-9-17(14)21-2)20-16-11-10-13-7-6-12-19-18(13)16/h4-9,12,15-16,20H,3,10-11H2,1-2H3. The van der Waals surface area contributed by atoms with Crippen LogP contribution in [0.4, 0.5) is 0 Å². The summed E-state index contributed by atoms with van der Waals surface area (Å²) >= 11 is 0. The summed E-state index contributed by atoms with van der Waals surface area (Å²) in [6.07, 6.45) is 5.16. The van der Waals surface area contributed by atoms with Crippen molar-refractivity contribution in [3.63, 3.8) is 0 Å². The number of nitrogens with one attached hydrogen (secondary N) is 1. The Morgan fingerprint density at radius 3 is 2.95 bits per heavy atom. The number of pyridine rings is 1. The number of hydrogen-bond acceptors (Lipinski definition) is 3. The number of benzene rings is 1. The largest absolute Gasteiger partial charge is 0.496 e. The molecule has 21 heavy (non-hydrogen) atoms. The van der Waals surface area contributed by atoms with Crippen LogP contribution in [0.5, 0.6) is 5.75 Å². The molecule has 0 fully saturated rings. The molecule has 2 unspecified atom stereocenters. The number of fused-ring (bicyclic) bond motifs is 1. The summed E-state index contributed by atoms with van der Waals surface area (Å²) in [7, 11) is 1.73. The second-order valence-corrected chi connectivity index (χ2v) is 5.51. The zero-order chi connectivity index (χ0) is 14.7. The van der Waals surface area contributed by atoms with E-state index in [0.29, 0.717) is 12.1 Å². The molecule has 1 heterocycles. The molecule has 0 aliphatic heterocycles. The molecule has 0 radical (unpaired) electrons. The Kier molecular flexibility index (Phi) is 4.20. The monoisotopic (exact) mass is 282 g/mol. The van der Waals surface area contributed by atoms with Gasteiger partial charge in [-0.2, -0.15) is 0 Å². The lowest BCUT2D eigenvalue weighted by Gasteiger charge is -2.24. The summed E-state index contributed by atoms with van der Waals surface area (Å²) in [5.41, 5.74) is 3.82. The molecule has 110 valence electrons. The average Bonchev–Trinajstić information content (AvgIpc) is 2.95. The van der Waals surface area contributed by atoms with E-state index in [9.17, 15) is 0 Å². The van der Waals surface area contributed by atoms with E-state index in [1.807, 2.05) is 24.4 Å². The number of para-hydroxylation sites is 1. The molecule has 0 saturated carbocycles. The van der Waals surface area contributed by atoms with Gasteiger partial charge in [0.15, 0.2) is 0 Å². The summed E-state index contributed by atoms with van der Waals surface area (Å²) in [6, 6.07) is 13.1. The van der Waals surface area contributed by atoms with Crippen LogP contribution in [0.15, 0.2) is 42.6 Å². The zero-order valence-corrected chi connectivity index (χ0v) is 12.7. The highest BCUT2D eigenvalue weighted by Gasteiger charge is 2.26. The van der Waals surface area contributed by atoms with Crippen LogP contribution < -0.4 is 10.1 Å². The van der Waals surface area contributed by atoms with Crippen molar-refractivity contribution in [2.24, 2.45) is 0 Å². The first-order chi connectivity index (χ1) is 10.3. The normalized spacial score (nSPS) is 18.3. The molecule has 3 nitrogen and oxygen atoms in total. The third kappa shape index (κ3) is 2.79. The number of ether oxygens (including phenoxy) is 1. The number of nitrogens with zero attached hydrogens (tertiary/aromatic N) is 1. The molecule has 1 aromatic carbocycles. The smallest absolute Gasteiger partial charge is 0.123 e. The van der Waals surface area contributed by atoms with Crippen molar-refractivity contribution in [3.8, 4) is 5.75 Å². The van der Waals surface area contributed by atoms with Crippen LogP contribution in [-0.4, -0.2) is 12.1 Å². The second-order valence-electron chi connectivity index (χ2n) is 5.51. The van der Waals surface area contributed by atoms with Crippen LogP contribution in [0.3, 0.4) is 0 Å². The van der Waals surface area contributed by atoms with Crippen LogP contribution in [-0.2, 0) is 6.42 Å². The Labute approximate surface area is 126 Å². The van der Waals surface area contributed by atoms with E-state index in [1.54, 1.807) is 7.11 Å². The van der Waals surface area contributed by atoms with E-state index < -0.39 is 0 Å². The first kappa shape index (κ1) is 14.1. The number of hydrogen-bond donors (Lipinski definition) is 1. The quantitative estimate of drug-likeness (QED) is 0.905. The van der Waals surface area contributed by atoms with Crippen molar-refractivity contribution < 1.29 is 4.74 Å². The lowest BCUT2D eigenvalue weighted by atomic mass is 10.0. The van der Waals surface area contributed by atoms with Gasteiger partial charge >= 0.3 is 0 Å². The van der Waals surface area contributed by atoms with E-state index in [4.69, 9.17) is 4.74 Å². The van der Waals surface area contributed by atoms with Crippen molar-refractivity contribution >= 4 is 0 Å². The summed E-state index contributed by atoms with van der Waals surface area (Å²) in [6.45, 7) is 2.21. The van der Waals surface area contributed by atoms with Gasteiger partial charge in [-0.15, -0.1) is 0 Å². The van der Waals surface area contributed by atoms with E-state index >= 15 is 0 Å². The van der Waals surface area contributed by atoms with Crippen LogP contribution in [0.1, 0.15) is 48.7 Å². The number of methoxy groups -OCH3 is 1. The Balaban J connectivity index is 1.83. The molecule has 3 rings (SSSR count).